The van der Waals surface area contributed by atoms with Crippen LogP contribution in [0.1, 0.15) is 11.1 Å². The van der Waals surface area contributed by atoms with Gasteiger partial charge in [-0.2, -0.15) is 0 Å². The summed E-state index contributed by atoms with van der Waals surface area (Å²) in [6.07, 6.45) is 0. The van der Waals surface area contributed by atoms with E-state index in [-0.39, 0.29) is 12.8 Å². The quantitative estimate of drug-likeness (QED) is 0.884. The zero-order valence-electron chi connectivity index (χ0n) is 11.9. The highest BCUT2D eigenvalue weighted by Crippen LogP contribution is 2.34. The van der Waals surface area contributed by atoms with Crippen LogP contribution in [-0.2, 0) is 0 Å². The molecule has 2 amide bonds. The lowest BCUT2D eigenvalue weighted by atomic mass is 10.1. The monoisotopic (exact) mass is 284 g/mol. The van der Waals surface area contributed by atoms with Crippen LogP contribution < -0.4 is 20.1 Å². The predicted molar refractivity (Wildman–Crippen MR) is 81.1 cm³/mol. The number of ether oxygens (including phenoxy) is 2. The number of amides is 2. The number of anilines is 2. The second-order valence-corrected chi connectivity index (χ2v) is 4.97. The first-order chi connectivity index (χ1) is 10.1. The molecule has 0 radical (unpaired) electrons. The fourth-order valence-corrected chi connectivity index (χ4v) is 2.21. The van der Waals surface area contributed by atoms with E-state index in [2.05, 4.69) is 10.6 Å². The minimum atomic E-state index is -0.291. The summed E-state index contributed by atoms with van der Waals surface area (Å²) in [5.41, 5.74) is 3.63. The molecule has 3 rings (SSSR count). The maximum Gasteiger partial charge on any atom is 0.323 e. The average molecular weight is 284 g/mol. The molecule has 0 saturated heterocycles. The largest absolute Gasteiger partial charge is 0.454 e. The topological polar surface area (TPSA) is 59.6 Å². The third-order valence-corrected chi connectivity index (χ3v) is 3.26. The average Bonchev–Trinajstić information content (AvgIpc) is 2.89. The van der Waals surface area contributed by atoms with Crippen molar-refractivity contribution in [3.63, 3.8) is 0 Å². The van der Waals surface area contributed by atoms with E-state index in [1.54, 1.807) is 18.2 Å². The van der Waals surface area contributed by atoms with Crippen LogP contribution in [0.5, 0.6) is 11.5 Å². The van der Waals surface area contributed by atoms with Gasteiger partial charge >= 0.3 is 6.03 Å². The van der Waals surface area contributed by atoms with Crippen LogP contribution in [-0.4, -0.2) is 12.8 Å². The molecule has 5 heteroatoms. The van der Waals surface area contributed by atoms with Crippen molar-refractivity contribution in [1.82, 2.24) is 0 Å². The summed E-state index contributed by atoms with van der Waals surface area (Å²) in [7, 11) is 0. The molecule has 0 bridgehead atoms. The van der Waals surface area contributed by atoms with Gasteiger partial charge in [0.2, 0.25) is 6.79 Å². The molecule has 108 valence electrons. The van der Waals surface area contributed by atoms with Gasteiger partial charge in [0.05, 0.1) is 0 Å². The standard InChI is InChI=1S/C16H16N2O3/c1-10-3-5-13(11(2)7-10)18-16(19)17-12-4-6-14-15(8-12)21-9-20-14/h3-8H,9H2,1-2H3,(H2,17,18,19). The molecular weight excluding hydrogens is 268 g/mol. The van der Waals surface area contributed by atoms with Crippen molar-refractivity contribution in [2.75, 3.05) is 17.4 Å². The second-order valence-electron chi connectivity index (χ2n) is 4.97. The lowest BCUT2D eigenvalue weighted by Crippen LogP contribution is -2.19. The Morgan fingerprint density at radius 2 is 1.81 bits per heavy atom. The van der Waals surface area contributed by atoms with Crippen molar-refractivity contribution in [2.45, 2.75) is 13.8 Å². The summed E-state index contributed by atoms with van der Waals surface area (Å²) < 4.78 is 10.5. The molecule has 0 unspecified atom stereocenters. The van der Waals surface area contributed by atoms with Crippen LogP contribution in [0, 0.1) is 13.8 Å². The van der Waals surface area contributed by atoms with E-state index in [9.17, 15) is 4.79 Å². The van der Waals surface area contributed by atoms with Crippen LogP contribution in [0.2, 0.25) is 0 Å². The molecule has 21 heavy (non-hydrogen) atoms. The Bertz CT molecular complexity index is 698. The third-order valence-electron chi connectivity index (χ3n) is 3.26. The zero-order valence-corrected chi connectivity index (χ0v) is 11.9. The van der Waals surface area contributed by atoms with Crippen molar-refractivity contribution < 1.29 is 14.3 Å². The first-order valence-corrected chi connectivity index (χ1v) is 6.67. The summed E-state index contributed by atoms with van der Waals surface area (Å²) in [4.78, 5) is 12.0. The van der Waals surface area contributed by atoms with Crippen LogP contribution in [0.15, 0.2) is 36.4 Å². The fourth-order valence-electron chi connectivity index (χ4n) is 2.21. The molecule has 2 aromatic rings. The Labute approximate surface area is 122 Å². The minimum Gasteiger partial charge on any atom is -0.454 e. The minimum absolute atomic E-state index is 0.216. The smallest absolute Gasteiger partial charge is 0.323 e. The van der Waals surface area contributed by atoms with Crippen molar-refractivity contribution in [3.8, 4) is 11.5 Å². The summed E-state index contributed by atoms with van der Waals surface area (Å²) in [6, 6.07) is 10.9. The highest BCUT2D eigenvalue weighted by molar-refractivity contribution is 6.00. The maximum absolute atomic E-state index is 12.0. The molecule has 0 fully saturated rings. The number of urea groups is 1. The molecular formula is C16H16N2O3. The zero-order chi connectivity index (χ0) is 14.8. The predicted octanol–water partition coefficient (Wildman–Crippen LogP) is 3.68. The Morgan fingerprint density at radius 3 is 2.62 bits per heavy atom. The SMILES string of the molecule is Cc1ccc(NC(=O)Nc2ccc3c(c2)OCO3)c(C)c1. The number of carbonyl (C=O) groups excluding carboxylic acids is 1. The molecule has 0 spiro atoms. The van der Waals surface area contributed by atoms with Gasteiger partial charge in [-0.25, -0.2) is 4.79 Å². The summed E-state index contributed by atoms with van der Waals surface area (Å²) >= 11 is 0. The van der Waals surface area contributed by atoms with E-state index >= 15 is 0 Å². The second kappa shape index (κ2) is 5.36. The van der Waals surface area contributed by atoms with Crippen molar-refractivity contribution in [2.24, 2.45) is 0 Å². The Morgan fingerprint density at radius 1 is 1.00 bits per heavy atom. The number of aryl methyl sites for hydroxylation is 2. The van der Waals surface area contributed by atoms with Gasteiger partial charge in [-0.1, -0.05) is 17.7 Å². The van der Waals surface area contributed by atoms with E-state index in [1.165, 1.54) is 0 Å². The van der Waals surface area contributed by atoms with Gasteiger partial charge in [-0.05, 0) is 37.6 Å². The van der Waals surface area contributed by atoms with Crippen LogP contribution in [0.25, 0.3) is 0 Å². The molecule has 1 aliphatic heterocycles. The number of nitrogens with one attached hydrogen (secondary N) is 2. The fraction of sp³-hybridized carbons (Fsp3) is 0.188. The molecule has 1 heterocycles. The molecule has 2 N–H and O–H groups in total. The van der Waals surface area contributed by atoms with E-state index in [4.69, 9.17) is 9.47 Å². The Hall–Kier alpha value is -2.69. The van der Waals surface area contributed by atoms with Gasteiger partial charge in [0.15, 0.2) is 11.5 Å². The van der Waals surface area contributed by atoms with Crippen molar-refractivity contribution in [3.05, 3.63) is 47.5 Å². The maximum atomic E-state index is 12.0. The molecule has 5 nitrogen and oxygen atoms in total. The number of fused-ring (bicyclic) bond motifs is 1. The highest BCUT2D eigenvalue weighted by atomic mass is 16.7. The molecule has 0 saturated carbocycles. The van der Waals surface area contributed by atoms with Gasteiger partial charge in [0, 0.05) is 17.4 Å². The molecule has 2 aromatic carbocycles. The van der Waals surface area contributed by atoms with E-state index in [1.807, 2.05) is 32.0 Å². The Balaban J connectivity index is 1.69. The lowest BCUT2D eigenvalue weighted by molar-refractivity contribution is 0.174. The molecule has 0 aliphatic carbocycles. The van der Waals surface area contributed by atoms with Crippen LogP contribution in [0.4, 0.5) is 16.2 Å². The van der Waals surface area contributed by atoms with Gasteiger partial charge in [-0.3, -0.25) is 0 Å². The van der Waals surface area contributed by atoms with Crippen LogP contribution >= 0.6 is 0 Å². The van der Waals surface area contributed by atoms with Crippen molar-refractivity contribution >= 4 is 17.4 Å². The first-order valence-electron chi connectivity index (χ1n) is 6.67. The van der Waals surface area contributed by atoms with Crippen molar-refractivity contribution in [1.29, 1.82) is 0 Å². The van der Waals surface area contributed by atoms with Gasteiger partial charge in [0.1, 0.15) is 0 Å². The van der Waals surface area contributed by atoms with Gasteiger partial charge in [-0.15, -0.1) is 0 Å². The Kier molecular flexibility index (Phi) is 3.39. The number of rotatable bonds is 2. The van der Waals surface area contributed by atoms with Crippen LogP contribution in [0.3, 0.4) is 0 Å². The van der Waals surface area contributed by atoms with E-state index in [0.29, 0.717) is 17.2 Å². The summed E-state index contributed by atoms with van der Waals surface area (Å²) in [6.45, 7) is 4.19. The number of benzene rings is 2. The normalized spacial score (nSPS) is 12.1. The summed E-state index contributed by atoms with van der Waals surface area (Å²) in [5, 5.41) is 5.61. The molecule has 0 atom stereocenters. The highest BCUT2D eigenvalue weighted by Gasteiger charge is 2.14. The number of hydrogen-bond acceptors (Lipinski definition) is 3. The first kappa shape index (κ1) is 13.3. The number of carbonyl (C=O) groups is 1. The van der Waals surface area contributed by atoms with Gasteiger partial charge < -0.3 is 20.1 Å². The van der Waals surface area contributed by atoms with Gasteiger partial charge in [0.25, 0.3) is 0 Å². The molecule has 1 aliphatic rings. The third kappa shape index (κ3) is 2.91. The number of hydrogen-bond donors (Lipinski definition) is 2. The lowest BCUT2D eigenvalue weighted by Gasteiger charge is -2.10. The summed E-state index contributed by atoms with van der Waals surface area (Å²) in [5.74, 6) is 1.33. The van der Waals surface area contributed by atoms with E-state index in [0.717, 1.165) is 16.8 Å². The van der Waals surface area contributed by atoms with E-state index < -0.39 is 0 Å². The molecule has 0 aromatic heterocycles.